The molecule has 0 radical (unpaired) electrons. The van der Waals surface area contributed by atoms with Crippen molar-refractivity contribution >= 4 is 33.2 Å². The molecular formula is C21H25ClN2O4S. The Morgan fingerprint density at radius 1 is 1.24 bits per heavy atom. The number of para-hydroxylation sites is 1. The van der Waals surface area contributed by atoms with Crippen LogP contribution >= 0.6 is 11.6 Å². The summed E-state index contributed by atoms with van der Waals surface area (Å²) < 4.78 is 33.0. The summed E-state index contributed by atoms with van der Waals surface area (Å²) in [7, 11) is -4.01. The summed E-state index contributed by atoms with van der Waals surface area (Å²) in [6.07, 6.45) is 2.16. The maximum Gasteiger partial charge on any atom is 0.266 e. The van der Waals surface area contributed by atoms with Crippen molar-refractivity contribution < 1.29 is 17.9 Å². The number of ether oxygens (including phenoxy) is 1. The normalized spacial score (nSPS) is 11.1. The van der Waals surface area contributed by atoms with Crippen molar-refractivity contribution in [1.82, 2.24) is 5.32 Å². The number of rotatable bonds is 11. The Bertz CT molecular complexity index is 933. The Morgan fingerprint density at radius 3 is 2.62 bits per heavy atom. The monoisotopic (exact) mass is 436 g/mol. The highest BCUT2D eigenvalue weighted by atomic mass is 35.5. The first-order valence-corrected chi connectivity index (χ1v) is 11.1. The van der Waals surface area contributed by atoms with Gasteiger partial charge in [-0.1, -0.05) is 35.9 Å². The number of carbonyl (C=O) groups is 1. The van der Waals surface area contributed by atoms with E-state index in [-0.39, 0.29) is 27.9 Å². The molecule has 156 valence electrons. The second-order valence-electron chi connectivity index (χ2n) is 6.11. The first-order valence-electron chi connectivity index (χ1n) is 9.26. The third-order valence-corrected chi connectivity index (χ3v) is 6.33. The average Bonchev–Trinajstić information content (AvgIpc) is 2.72. The summed E-state index contributed by atoms with van der Waals surface area (Å²) in [5.41, 5.74) is 0.699. The fraction of sp³-hybridized carbons (Fsp3) is 0.286. The number of hydrogen-bond acceptors (Lipinski definition) is 4. The van der Waals surface area contributed by atoms with Gasteiger partial charge in [-0.25, -0.2) is 8.42 Å². The molecule has 1 N–H and O–H groups in total. The molecule has 0 aromatic heterocycles. The minimum Gasteiger partial charge on any atom is -0.382 e. The van der Waals surface area contributed by atoms with Crippen LogP contribution in [0.3, 0.4) is 0 Å². The summed E-state index contributed by atoms with van der Waals surface area (Å²) in [4.78, 5) is 12.3. The summed E-state index contributed by atoms with van der Waals surface area (Å²) >= 11 is 6.20. The van der Waals surface area contributed by atoms with E-state index in [4.69, 9.17) is 16.3 Å². The van der Waals surface area contributed by atoms with E-state index in [2.05, 4.69) is 11.9 Å². The molecule has 0 atom stereocenters. The highest BCUT2D eigenvalue weighted by Crippen LogP contribution is 2.29. The van der Waals surface area contributed by atoms with Crippen LogP contribution in [0.1, 0.15) is 23.7 Å². The van der Waals surface area contributed by atoms with E-state index < -0.39 is 10.0 Å². The molecule has 0 heterocycles. The van der Waals surface area contributed by atoms with E-state index in [1.165, 1.54) is 28.6 Å². The third kappa shape index (κ3) is 6.06. The number of sulfonamides is 1. The fourth-order valence-electron chi connectivity index (χ4n) is 2.64. The van der Waals surface area contributed by atoms with Gasteiger partial charge in [-0.15, -0.1) is 6.58 Å². The Hall–Kier alpha value is -2.35. The van der Waals surface area contributed by atoms with Gasteiger partial charge in [0.25, 0.3) is 15.9 Å². The molecule has 0 spiro atoms. The number of nitrogens with one attached hydrogen (secondary N) is 1. The smallest absolute Gasteiger partial charge is 0.266 e. The van der Waals surface area contributed by atoms with Crippen molar-refractivity contribution in [3.05, 3.63) is 71.8 Å². The first kappa shape index (κ1) is 22.9. The molecule has 29 heavy (non-hydrogen) atoms. The van der Waals surface area contributed by atoms with Crippen molar-refractivity contribution in [2.24, 2.45) is 0 Å². The molecule has 1 amide bonds. The van der Waals surface area contributed by atoms with Crippen LogP contribution in [0.25, 0.3) is 0 Å². The van der Waals surface area contributed by atoms with E-state index in [1.54, 1.807) is 30.3 Å². The lowest BCUT2D eigenvalue weighted by molar-refractivity contribution is 0.0944. The standard InChI is InChI=1S/C21H25ClN2O4S/c1-3-14-24(18-9-6-5-7-10-18)29(26,27)20-16-17(11-12-19(20)22)21(25)23-13-8-15-28-4-2/h3,5-7,9-12,16H,1,4,8,13-15H2,2H3,(H,23,25). The number of amides is 1. The largest absolute Gasteiger partial charge is 0.382 e. The molecular weight excluding hydrogens is 412 g/mol. The number of anilines is 1. The molecule has 2 rings (SSSR count). The molecule has 0 saturated carbocycles. The van der Waals surface area contributed by atoms with Crippen LogP contribution in [0, 0.1) is 0 Å². The molecule has 6 nitrogen and oxygen atoms in total. The van der Waals surface area contributed by atoms with Crippen LogP contribution in [-0.4, -0.2) is 40.6 Å². The zero-order valence-electron chi connectivity index (χ0n) is 16.3. The Kier molecular flexibility index (Phi) is 8.70. The van der Waals surface area contributed by atoms with E-state index in [0.717, 1.165) is 0 Å². The molecule has 0 aliphatic rings. The Morgan fingerprint density at radius 2 is 1.97 bits per heavy atom. The van der Waals surface area contributed by atoms with Gasteiger partial charge in [0.2, 0.25) is 0 Å². The van der Waals surface area contributed by atoms with Crippen LogP contribution in [0.2, 0.25) is 5.02 Å². The number of benzene rings is 2. The van der Waals surface area contributed by atoms with Gasteiger partial charge >= 0.3 is 0 Å². The van der Waals surface area contributed by atoms with Crippen molar-refractivity contribution in [2.75, 3.05) is 30.6 Å². The Balaban J connectivity index is 2.29. The second-order valence-corrected chi connectivity index (χ2v) is 8.35. The van der Waals surface area contributed by atoms with Crippen LogP contribution < -0.4 is 9.62 Å². The molecule has 0 aliphatic heterocycles. The SMILES string of the molecule is C=CCN(c1ccccc1)S(=O)(=O)c1cc(C(=O)NCCCOCC)ccc1Cl. The van der Waals surface area contributed by atoms with Gasteiger partial charge in [0.05, 0.1) is 17.3 Å². The van der Waals surface area contributed by atoms with Gasteiger partial charge in [0, 0.05) is 25.3 Å². The lowest BCUT2D eigenvalue weighted by Crippen LogP contribution is -2.32. The highest BCUT2D eigenvalue weighted by Gasteiger charge is 2.27. The van der Waals surface area contributed by atoms with Crippen LogP contribution in [-0.2, 0) is 14.8 Å². The maximum absolute atomic E-state index is 13.3. The highest BCUT2D eigenvalue weighted by molar-refractivity contribution is 7.93. The molecule has 0 bridgehead atoms. The molecule has 8 heteroatoms. The van der Waals surface area contributed by atoms with Crippen molar-refractivity contribution in [2.45, 2.75) is 18.2 Å². The number of carbonyl (C=O) groups excluding carboxylic acids is 1. The first-order chi connectivity index (χ1) is 13.9. The van der Waals surface area contributed by atoms with E-state index in [9.17, 15) is 13.2 Å². The number of nitrogens with zero attached hydrogens (tertiary/aromatic N) is 1. The lowest BCUT2D eigenvalue weighted by atomic mass is 10.2. The van der Waals surface area contributed by atoms with Gasteiger partial charge in [0.15, 0.2) is 0 Å². The third-order valence-electron chi connectivity index (χ3n) is 4.06. The molecule has 0 aliphatic carbocycles. The summed E-state index contributed by atoms with van der Waals surface area (Å²) in [6.45, 7) is 7.20. The van der Waals surface area contributed by atoms with Gasteiger partial charge in [-0.3, -0.25) is 9.10 Å². The van der Waals surface area contributed by atoms with E-state index >= 15 is 0 Å². The van der Waals surface area contributed by atoms with Crippen LogP contribution in [0.5, 0.6) is 0 Å². The number of hydrogen-bond donors (Lipinski definition) is 1. The van der Waals surface area contributed by atoms with Gasteiger partial charge in [0.1, 0.15) is 4.90 Å². The second kappa shape index (κ2) is 11.0. The average molecular weight is 437 g/mol. The van der Waals surface area contributed by atoms with Gasteiger partial charge in [-0.2, -0.15) is 0 Å². The van der Waals surface area contributed by atoms with Gasteiger partial charge < -0.3 is 10.1 Å². The zero-order chi connectivity index (χ0) is 21.3. The Labute approximate surface area is 177 Å². The van der Waals surface area contributed by atoms with Crippen LogP contribution in [0.4, 0.5) is 5.69 Å². The summed E-state index contributed by atoms with van der Waals surface area (Å²) in [6, 6.07) is 12.9. The maximum atomic E-state index is 13.3. The van der Waals surface area contributed by atoms with E-state index in [1.807, 2.05) is 6.92 Å². The quantitative estimate of drug-likeness (QED) is 0.428. The molecule has 0 unspecified atom stereocenters. The molecule has 2 aromatic rings. The van der Waals surface area contributed by atoms with E-state index in [0.29, 0.717) is 31.9 Å². The summed E-state index contributed by atoms with van der Waals surface area (Å²) in [5, 5.41) is 2.80. The van der Waals surface area contributed by atoms with Crippen molar-refractivity contribution in [3.63, 3.8) is 0 Å². The molecule has 2 aromatic carbocycles. The predicted octanol–water partition coefficient (Wildman–Crippen LogP) is 3.88. The van der Waals surface area contributed by atoms with Crippen molar-refractivity contribution in [3.8, 4) is 0 Å². The van der Waals surface area contributed by atoms with Crippen molar-refractivity contribution in [1.29, 1.82) is 0 Å². The summed E-state index contributed by atoms with van der Waals surface area (Å²) in [5.74, 6) is -0.371. The lowest BCUT2D eigenvalue weighted by Gasteiger charge is -2.24. The minimum atomic E-state index is -4.01. The topological polar surface area (TPSA) is 75.7 Å². The molecule has 0 fully saturated rings. The predicted molar refractivity (Wildman–Crippen MR) is 116 cm³/mol. The number of halogens is 1. The fourth-order valence-corrected chi connectivity index (χ4v) is 4.58. The van der Waals surface area contributed by atoms with Crippen LogP contribution in [0.15, 0.2) is 66.1 Å². The molecule has 0 saturated heterocycles. The minimum absolute atomic E-state index is 0.0443. The zero-order valence-corrected chi connectivity index (χ0v) is 17.9. The van der Waals surface area contributed by atoms with Gasteiger partial charge in [-0.05, 0) is 43.7 Å².